The van der Waals surface area contributed by atoms with Crippen molar-refractivity contribution in [2.24, 2.45) is 11.8 Å². The molecular formula is C16H26N4O. The topological polar surface area (TPSA) is 54.6 Å². The van der Waals surface area contributed by atoms with Gasteiger partial charge in [-0.25, -0.2) is 0 Å². The third-order valence-corrected chi connectivity index (χ3v) is 4.44. The first-order chi connectivity index (χ1) is 10.1. The predicted molar refractivity (Wildman–Crippen MR) is 85.7 cm³/mol. The van der Waals surface area contributed by atoms with E-state index < -0.39 is 0 Å². The Morgan fingerprint density at radius 3 is 2.81 bits per heavy atom. The average Bonchev–Trinajstić information content (AvgIpc) is 3.20. The van der Waals surface area contributed by atoms with E-state index in [1.54, 1.807) is 0 Å². The zero-order valence-electron chi connectivity index (χ0n) is 13.1. The number of nitrogen functional groups attached to an aromatic ring is 1. The summed E-state index contributed by atoms with van der Waals surface area (Å²) in [6.07, 6.45) is 3.81. The summed E-state index contributed by atoms with van der Waals surface area (Å²) >= 11 is 0. The van der Waals surface area contributed by atoms with E-state index in [9.17, 15) is 0 Å². The second-order valence-electron chi connectivity index (χ2n) is 6.62. The molecule has 1 aromatic heterocycles. The van der Waals surface area contributed by atoms with Crippen molar-refractivity contribution < 1.29 is 4.74 Å². The number of nitrogens with two attached hydrogens (primary N) is 1. The predicted octanol–water partition coefficient (Wildman–Crippen LogP) is 1.84. The van der Waals surface area contributed by atoms with E-state index in [1.807, 2.05) is 12.1 Å². The number of ether oxygens (including phenoxy) is 1. The molecule has 0 aromatic carbocycles. The number of pyridine rings is 1. The summed E-state index contributed by atoms with van der Waals surface area (Å²) in [6.45, 7) is 4.15. The Kier molecular flexibility index (Phi) is 4.19. The van der Waals surface area contributed by atoms with Crippen LogP contribution in [0.5, 0.6) is 5.88 Å². The molecule has 116 valence electrons. The van der Waals surface area contributed by atoms with Gasteiger partial charge in [0.15, 0.2) is 0 Å². The van der Waals surface area contributed by atoms with Crippen molar-refractivity contribution >= 4 is 11.5 Å². The lowest BCUT2D eigenvalue weighted by molar-refractivity contribution is 0.290. The van der Waals surface area contributed by atoms with E-state index in [2.05, 4.69) is 28.9 Å². The first-order valence-electron chi connectivity index (χ1n) is 7.91. The molecule has 1 aromatic rings. The van der Waals surface area contributed by atoms with Crippen LogP contribution in [0, 0.1) is 11.8 Å². The summed E-state index contributed by atoms with van der Waals surface area (Å²) in [4.78, 5) is 9.20. The molecule has 0 bridgehead atoms. The Morgan fingerprint density at radius 2 is 2.14 bits per heavy atom. The highest BCUT2D eigenvalue weighted by Crippen LogP contribution is 2.31. The molecule has 2 heterocycles. The van der Waals surface area contributed by atoms with Crippen LogP contribution in [0.2, 0.25) is 0 Å². The van der Waals surface area contributed by atoms with Crippen molar-refractivity contribution in [3.63, 3.8) is 0 Å². The Morgan fingerprint density at radius 1 is 1.33 bits per heavy atom. The second-order valence-corrected chi connectivity index (χ2v) is 6.62. The van der Waals surface area contributed by atoms with Gasteiger partial charge in [0.25, 0.3) is 0 Å². The smallest absolute Gasteiger partial charge is 0.239 e. The van der Waals surface area contributed by atoms with Crippen molar-refractivity contribution in [1.29, 1.82) is 0 Å². The molecule has 0 amide bonds. The Balaban J connectivity index is 1.61. The van der Waals surface area contributed by atoms with Crippen molar-refractivity contribution in [3.8, 4) is 5.88 Å². The fraction of sp³-hybridized carbons (Fsp3) is 0.688. The normalized spacial score (nSPS) is 22.5. The summed E-state index contributed by atoms with van der Waals surface area (Å²) < 4.78 is 5.77. The lowest BCUT2D eigenvalue weighted by Gasteiger charge is -2.23. The fourth-order valence-electron chi connectivity index (χ4n) is 2.91. The third kappa shape index (κ3) is 3.79. The van der Waals surface area contributed by atoms with Gasteiger partial charge in [-0.1, -0.05) is 0 Å². The quantitative estimate of drug-likeness (QED) is 0.866. The molecule has 1 unspecified atom stereocenters. The molecule has 0 spiro atoms. The summed E-state index contributed by atoms with van der Waals surface area (Å²) in [6, 6.07) is 3.89. The highest BCUT2D eigenvalue weighted by molar-refractivity contribution is 5.54. The first kappa shape index (κ1) is 14.4. The van der Waals surface area contributed by atoms with Crippen molar-refractivity contribution in [1.82, 2.24) is 9.88 Å². The van der Waals surface area contributed by atoms with Crippen LogP contribution in [-0.4, -0.2) is 50.2 Å². The van der Waals surface area contributed by atoms with Crippen LogP contribution in [-0.2, 0) is 0 Å². The standard InChI is InChI=1S/C16H26N4O/c1-19-8-7-13(9-19)10-20(2)15-6-5-14(17)16(18-15)21-11-12-3-4-12/h5-6,12-13H,3-4,7-11,17H2,1-2H3. The summed E-state index contributed by atoms with van der Waals surface area (Å²) in [5.41, 5.74) is 6.60. The van der Waals surface area contributed by atoms with Gasteiger partial charge < -0.3 is 20.3 Å². The highest BCUT2D eigenvalue weighted by Gasteiger charge is 2.23. The SMILES string of the molecule is CN1CCC(CN(C)c2ccc(N)c(OCC3CC3)n2)C1. The maximum absolute atomic E-state index is 5.97. The minimum absolute atomic E-state index is 0.592. The van der Waals surface area contributed by atoms with Crippen LogP contribution < -0.4 is 15.4 Å². The van der Waals surface area contributed by atoms with E-state index in [0.717, 1.165) is 24.9 Å². The molecule has 1 aliphatic carbocycles. The number of likely N-dealkylation sites (tertiary alicyclic amines) is 1. The van der Waals surface area contributed by atoms with Gasteiger partial charge in [0.2, 0.25) is 5.88 Å². The first-order valence-corrected chi connectivity index (χ1v) is 7.91. The summed E-state index contributed by atoms with van der Waals surface area (Å²) in [7, 11) is 4.28. The maximum atomic E-state index is 5.97. The van der Waals surface area contributed by atoms with Gasteiger partial charge in [0.05, 0.1) is 12.3 Å². The minimum atomic E-state index is 0.592. The molecule has 1 saturated carbocycles. The molecular weight excluding hydrogens is 264 g/mol. The second kappa shape index (κ2) is 6.10. The highest BCUT2D eigenvalue weighted by atomic mass is 16.5. The van der Waals surface area contributed by atoms with Crippen LogP contribution in [0.15, 0.2) is 12.1 Å². The van der Waals surface area contributed by atoms with Crippen LogP contribution in [0.25, 0.3) is 0 Å². The van der Waals surface area contributed by atoms with Crippen LogP contribution in [0.4, 0.5) is 11.5 Å². The summed E-state index contributed by atoms with van der Waals surface area (Å²) in [5, 5.41) is 0. The maximum Gasteiger partial charge on any atom is 0.239 e. The van der Waals surface area contributed by atoms with Gasteiger partial charge in [-0.2, -0.15) is 4.98 Å². The van der Waals surface area contributed by atoms with Crippen molar-refractivity contribution in [2.75, 3.05) is 51.0 Å². The molecule has 1 atom stereocenters. The zero-order valence-corrected chi connectivity index (χ0v) is 13.1. The number of hydrogen-bond acceptors (Lipinski definition) is 5. The molecule has 2 N–H and O–H groups in total. The van der Waals surface area contributed by atoms with Crippen LogP contribution in [0.1, 0.15) is 19.3 Å². The van der Waals surface area contributed by atoms with Crippen molar-refractivity contribution in [2.45, 2.75) is 19.3 Å². The van der Waals surface area contributed by atoms with E-state index in [1.165, 1.54) is 32.4 Å². The molecule has 1 aliphatic heterocycles. The monoisotopic (exact) mass is 290 g/mol. The summed E-state index contributed by atoms with van der Waals surface area (Å²) in [5.74, 6) is 2.97. The van der Waals surface area contributed by atoms with E-state index in [4.69, 9.17) is 10.5 Å². The molecule has 3 rings (SSSR count). The number of hydrogen-bond donors (Lipinski definition) is 1. The third-order valence-electron chi connectivity index (χ3n) is 4.44. The molecule has 5 nitrogen and oxygen atoms in total. The Hall–Kier alpha value is -1.49. The van der Waals surface area contributed by atoms with Gasteiger partial charge in [0, 0.05) is 20.1 Å². The fourth-order valence-corrected chi connectivity index (χ4v) is 2.91. The molecule has 21 heavy (non-hydrogen) atoms. The number of rotatable bonds is 6. The largest absolute Gasteiger partial charge is 0.476 e. The Bertz CT molecular complexity index is 489. The number of aromatic nitrogens is 1. The zero-order chi connectivity index (χ0) is 14.8. The molecule has 0 radical (unpaired) electrons. The van der Waals surface area contributed by atoms with E-state index in [0.29, 0.717) is 17.5 Å². The molecule has 2 fully saturated rings. The lowest BCUT2D eigenvalue weighted by atomic mass is 10.1. The molecule has 2 aliphatic rings. The number of anilines is 2. The number of nitrogens with zero attached hydrogens (tertiary/aromatic N) is 3. The van der Waals surface area contributed by atoms with Gasteiger partial charge in [-0.15, -0.1) is 0 Å². The average molecular weight is 290 g/mol. The van der Waals surface area contributed by atoms with Gasteiger partial charge in [-0.05, 0) is 56.8 Å². The minimum Gasteiger partial charge on any atom is -0.476 e. The van der Waals surface area contributed by atoms with Crippen molar-refractivity contribution in [3.05, 3.63) is 12.1 Å². The van der Waals surface area contributed by atoms with Gasteiger partial charge in [-0.3, -0.25) is 0 Å². The van der Waals surface area contributed by atoms with Crippen LogP contribution >= 0.6 is 0 Å². The van der Waals surface area contributed by atoms with E-state index >= 15 is 0 Å². The van der Waals surface area contributed by atoms with E-state index in [-0.39, 0.29) is 0 Å². The van der Waals surface area contributed by atoms with Crippen LogP contribution in [0.3, 0.4) is 0 Å². The van der Waals surface area contributed by atoms with Gasteiger partial charge >= 0.3 is 0 Å². The van der Waals surface area contributed by atoms with Gasteiger partial charge in [0.1, 0.15) is 5.82 Å². The molecule has 5 heteroatoms. The lowest BCUT2D eigenvalue weighted by Crippen LogP contribution is -2.28. The molecule has 1 saturated heterocycles. The Labute approximate surface area is 127 Å².